The molecule has 3 rings (SSSR count). The predicted molar refractivity (Wildman–Crippen MR) is 79.0 cm³/mol. The third-order valence-corrected chi connectivity index (χ3v) is 4.00. The van der Waals surface area contributed by atoms with Gasteiger partial charge >= 0.3 is 0 Å². The Morgan fingerprint density at radius 1 is 1.00 bits per heavy atom. The van der Waals surface area contributed by atoms with E-state index in [-0.39, 0.29) is 12.0 Å². The van der Waals surface area contributed by atoms with Gasteiger partial charge in [-0.05, 0) is 23.3 Å². The van der Waals surface area contributed by atoms with E-state index < -0.39 is 11.6 Å². The molecule has 21 heavy (non-hydrogen) atoms. The standard InChI is InChI=1S/C17H18F2N2/c18-15-7-6-13(8-16(15)19)14-10-20-11-17(14)21-9-12-4-2-1-3-5-12/h1-8,14,17,20-21H,9-11H2/t14-,17+/m0/s1. The topological polar surface area (TPSA) is 24.1 Å². The van der Waals surface area contributed by atoms with Crippen LogP contribution in [-0.2, 0) is 6.54 Å². The summed E-state index contributed by atoms with van der Waals surface area (Å²) in [7, 11) is 0. The monoisotopic (exact) mass is 288 g/mol. The van der Waals surface area contributed by atoms with Gasteiger partial charge in [0.25, 0.3) is 0 Å². The minimum atomic E-state index is -0.793. The fraction of sp³-hybridized carbons (Fsp3) is 0.294. The zero-order valence-corrected chi connectivity index (χ0v) is 11.7. The third-order valence-electron chi connectivity index (χ3n) is 4.00. The summed E-state index contributed by atoms with van der Waals surface area (Å²) in [5.41, 5.74) is 2.05. The van der Waals surface area contributed by atoms with Crippen molar-refractivity contribution in [2.24, 2.45) is 0 Å². The highest BCUT2D eigenvalue weighted by atomic mass is 19.2. The Balaban J connectivity index is 1.69. The van der Waals surface area contributed by atoms with Crippen LogP contribution in [0.1, 0.15) is 17.0 Å². The minimum absolute atomic E-state index is 0.156. The Morgan fingerprint density at radius 2 is 1.81 bits per heavy atom. The van der Waals surface area contributed by atoms with Crippen molar-refractivity contribution in [3.05, 3.63) is 71.3 Å². The molecule has 2 aromatic carbocycles. The van der Waals surface area contributed by atoms with Crippen molar-refractivity contribution in [2.75, 3.05) is 13.1 Å². The fourth-order valence-electron chi connectivity index (χ4n) is 2.83. The van der Waals surface area contributed by atoms with Crippen LogP contribution in [0.15, 0.2) is 48.5 Å². The molecule has 1 saturated heterocycles. The maximum absolute atomic E-state index is 13.4. The van der Waals surface area contributed by atoms with Crippen LogP contribution in [0.3, 0.4) is 0 Å². The Kier molecular flexibility index (Phi) is 4.27. The molecule has 0 unspecified atom stereocenters. The van der Waals surface area contributed by atoms with Crippen molar-refractivity contribution in [3.63, 3.8) is 0 Å². The first kappa shape index (κ1) is 14.2. The van der Waals surface area contributed by atoms with E-state index in [1.807, 2.05) is 18.2 Å². The van der Waals surface area contributed by atoms with Gasteiger partial charge in [0, 0.05) is 31.6 Å². The second-order valence-electron chi connectivity index (χ2n) is 5.41. The summed E-state index contributed by atoms with van der Waals surface area (Å²) < 4.78 is 26.4. The average molecular weight is 288 g/mol. The van der Waals surface area contributed by atoms with Crippen molar-refractivity contribution in [1.82, 2.24) is 10.6 Å². The van der Waals surface area contributed by atoms with Crippen molar-refractivity contribution < 1.29 is 8.78 Å². The van der Waals surface area contributed by atoms with Crippen molar-refractivity contribution in [1.29, 1.82) is 0 Å². The summed E-state index contributed by atoms with van der Waals surface area (Å²) in [6.07, 6.45) is 0. The molecule has 0 saturated carbocycles. The lowest BCUT2D eigenvalue weighted by Gasteiger charge is -2.20. The number of halogens is 2. The molecular weight excluding hydrogens is 270 g/mol. The summed E-state index contributed by atoms with van der Waals surface area (Å²) in [6.45, 7) is 2.38. The lowest BCUT2D eigenvalue weighted by molar-refractivity contribution is 0.488. The van der Waals surface area contributed by atoms with E-state index in [9.17, 15) is 8.78 Å². The molecule has 110 valence electrons. The summed E-state index contributed by atoms with van der Waals surface area (Å²) in [4.78, 5) is 0. The number of benzene rings is 2. The Bertz CT molecular complexity index is 601. The van der Waals surface area contributed by atoms with E-state index in [4.69, 9.17) is 0 Å². The molecule has 4 heteroatoms. The van der Waals surface area contributed by atoms with Gasteiger partial charge in [0.1, 0.15) is 0 Å². The molecule has 0 radical (unpaired) electrons. The Morgan fingerprint density at radius 3 is 2.57 bits per heavy atom. The first-order valence-electron chi connectivity index (χ1n) is 7.17. The fourth-order valence-corrected chi connectivity index (χ4v) is 2.83. The number of rotatable bonds is 4. The van der Waals surface area contributed by atoms with Crippen LogP contribution in [0.5, 0.6) is 0 Å². The van der Waals surface area contributed by atoms with E-state index in [1.165, 1.54) is 17.7 Å². The zero-order chi connectivity index (χ0) is 14.7. The average Bonchev–Trinajstić information content (AvgIpc) is 2.97. The van der Waals surface area contributed by atoms with E-state index in [2.05, 4.69) is 22.8 Å². The molecule has 0 aromatic heterocycles. The summed E-state index contributed by atoms with van der Waals surface area (Å²) in [6, 6.07) is 14.6. The van der Waals surface area contributed by atoms with Crippen LogP contribution in [0.25, 0.3) is 0 Å². The van der Waals surface area contributed by atoms with E-state index in [1.54, 1.807) is 6.07 Å². The van der Waals surface area contributed by atoms with E-state index in [0.29, 0.717) is 0 Å². The molecule has 1 aliphatic heterocycles. The molecular formula is C17H18F2N2. The largest absolute Gasteiger partial charge is 0.314 e. The minimum Gasteiger partial charge on any atom is -0.314 e. The number of nitrogens with one attached hydrogen (secondary N) is 2. The first-order valence-corrected chi connectivity index (χ1v) is 7.17. The van der Waals surface area contributed by atoms with Crippen LogP contribution < -0.4 is 10.6 Å². The lowest BCUT2D eigenvalue weighted by Crippen LogP contribution is -2.34. The van der Waals surface area contributed by atoms with Crippen molar-refractivity contribution in [2.45, 2.75) is 18.5 Å². The predicted octanol–water partition coefficient (Wildman–Crippen LogP) is 2.81. The smallest absolute Gasteiger partial charge is 0.159 e. The Labute approximate surface area is 123 Å². The van der Waals surface area contributed by atoms with E-state index >= 15 is 0 Å². The highest BCUT2D eigenvalue weighted by Crippen LogP contribution is 2.24. The van der Waals surface area contributed by atoms with Gasteiger partial charge in [-0.25, -0.2) is 8.78 Å². The van der Waals surface area contributed by atoms with Gasteiger partial charge in [-0.3, -0.25) is 0 Å². The maximum atomic E-state index is 13.4. The van der Waals surface area contributed by atoms with Crippen LogP contribution in [0.4, 0.5) is 8.78 Å². The molecule has 1 fully saturated rings. The van der Waals surface area contributed by atoms with Gasteiger partial charge in [-0.1, -0.05) is 36.4 Å². The second-order valence-corrected chi connectivity index (χ2v) is 5.41. The SMILES string of the molecule is Fc1ccc([C@@H]2CNC[C@H]2NCc2ccccc2)cc1F. The summed E-state index contributed by atoms with van der Waals surface area (Å²) in [5, 5.41) is 6.81. The Hall–Kier alpha value is -1.78. The molecule has 2 N–H and O–H groups in total. The summed E-state index contributed by atoms with van der Waals surface area (Å²) in [5.74, 6) is -1.41. The normalized spacial score (nSPS) is 21.6. The highest BCUT2D eigenvalue weighted by Gasteiger charge is 2.28. The second kappa shape index (κ2) is 6.33. The van der Waals surface area contributed by atoms with E-state index in [0.717, 1.165) is 25.2 Å². The molecule has 2 atom stereocenters. The third kappa shape index (κ3) is 3.28. The first-order chi connectivity index (χ1) is 10.2. The molecule has 2 nitrogen and oxygen atoms in total. The quantitative estimate of drug-likeness (QED) is 0.904. The molecule has 0 aliphatic carbocycles. The molecule has 0 spiro atoms. The van der Waals surface area contributed by atoms with Crippen LogP contribution in [0, 0.1) is 11.6 Å². The molecule has 0 amide bonds. The highest BCUT2D eigenvalue weighted by molar-refractivity contribution is 5.25. The van der Waals surface area contributed by atoms with Crippen LogP contribution in [-0.4, -0.2) is 19.1 Å². The van der Waals surface area contributed by atoms with Crippen molar-refractivity contribution >= 4 is 0 Å². The molecule has 1 heterocycles. The maximum Gasteiger partial charge on any atom is 0.159 e. The van der Waals surface area contributed by atoms with Crippen LogP contribution in [0.2, 0.25) is 0 Å². The summed E-state index contributed by atoms with van der Waals surface area (Å²) >= 11 is 0. The number of hydrogen-bond donors (Lipinski definition) is 2. The molecule has 0 bridgehead atoms. The van der Waals surface area contributed by atoms with Gasteiger partial charge in [0.05, 0.1) is 0 Å². The lowest BCUT2D eigenvalue weighted by atomic mass is 9.94. The van der Waals surface area contributed by atoms with Crippen molar-refractivity contribution in [3.8, 4) is 0 Å². The van der Waals surface area contributed by atoms with Gasteiger partial charge in [0.15, 0.2) is 11.6 Å². The molecule has 1 aliphatic rings. The molecule has 2 aromatic rings. The zero-order valence-electron chi connectivity index (χ0n) is 11.7. The van der Waals surface area contributed by atoms with Gasteiger partial charge in [0.2, 0.25) is 0 Å². The van der Waals surface area contributed by atoms with Gasteiger partial charge in [-0.15, -0.1) is 0 Å². The van der Waals surface area contributed by atoms with Crippen LogP contribution >= 0.6 is 0 Å². The van der Waals surface area contributed by atoms with Gasteiger partial charge < -0.3 is 10.6 Å². The van der Waals surface area contributed by atoms with Gasteiger partial charge in [-0.2, -0.15) is 0 Å². The number of hydrogen-bond acceptors (Lipinski definition) is 2.